The van der Waals surface area contributed by atoms with Gasteiger partial charge in [0.05, 0.1) is 40.0 Å². The van der Waals surface area contributed by atoms with Crippen molar-refractivity contribution in [2.24, 2.45) is 0 Å². The number of hydrogen-bond donors (Lipinski definition) is 0. The Labute approximate surface area is 335 Å². The first kappa shape index (κ1) is 50.9. The predicted molar refractivity (Wildman–Crippen MR) is 221 cm³/mol. The standard InChI is InChI=1S/C44H78NO9P/c1-6-8-10-12-14-15-16-17-18-19-22-27-31-35-44(47)53-40(39-52-55(48,49)51-37-36-45(3,4)5)38-50-43(46)34-30-26-23-20-21-25-29-33-42-41(54-42)32-28-24-13-11-9-7-2/h15-16,20,23-25,28-29,40-42H,6-14,17-19,21-22,26-27,30-39H2,1-5H3/b16-15-,23-20-,28-24-,29-25-/t40-,41?,42?/m1/s1. The molecule has 0 bridgehead atoms. The summed E-state index contributed by atoms with van der Waals surface area (Å²) in [7, 11) is 1.12. The van der Waals surface area contributed by atoms with E-state index in [1.54, 1.807) is 0 Å². The third-order valence-corrected chi connectivity index (χ3v) is 10.2. The van der Waals surface area contributed by atoms with Crippen molar-refractivity contribution in [1.29, 1.82) is 0 Å². The summed E-state index contributed by atoms with van der Waals surface area (Å²) in [4.78, 5) is 37.5. The third kappa shape index (κ3) is 33.8. The van der Waals surface area contributed by atoms with Crippen LogP contribution in [0.2, 0.25) is 0 Å². The number of likely N-dealkylation sites (N-methyl/N-ethyl adjacent to an activating group) is 1. The molecule has 1 fully saturated rings. The molecule has 1 heterocycles. The molecule has 1 rings (SSSR count). The minimum Gasteiger partial charge on any atom is -0.756 e. The monoisotopic (exact) mass is 796 g/mol. The van der Waals surface area contributed by atoms with Crippen LogP contribution in [0.15, 0.2) is 48.6 Å². The van der Waals surface area contributed by atoms with E-state index in [-0.39, 0.29) is 26.1 Å². The maximum Gasteiger partial charge on any atom is 0.306 e. The minimum absolute atomic E-state index is 0.0446. The Hall–Kier alpha value is -2.07. The van der Waals surface area contributed by atoms with Gasteiger partial charge in [-0.3, -0.25) is 14.2 Å². The topological polar surface area (TPSA) is 124 Å². The van der Waals surface area contributed by atoms with Crippen LogP contribution < -0.4 is 4.89 Å². The van der Waals surface area contributed by atoms with Crippen molar-refractivity contribution in [3.05, 3.63) is 48.6 Å². The molecule has 1 saturated heterocycles. The predicted octanol–water partition coefficient (Wildman–Crippen LogP) is 10.3. The van der Waals surface area contributed by atoms with Crippen LogP contribution in [0.1, 0.15) is 155 Å². The number of carbonyl (C=O) groups is 2. The van der Waals surface area contributed by atoms with E-state index < -0.39 is 32.5 Å². The smallest absolute Gasteiger partial charge is 0.306 e. The molecule has 0 radical (unpaired) electrons. The molecule has 0 aromatic heterocycles. The van der Waals surface area contributed by atoms with Gasteiger partial charge in [-0.25, -0.2) is 0 Å². The molecule has 3 unspecified atom stereocenters. The van der Waals surface area contributed by atoms with Gasteiger partial charge >= 0.3 is 11.9 Å². The number of ether oxygens (including phenoxy) is 3. The van der Waals surface area contributed by atoms with Gasteiger partial charge in [-0.05, 0) is 77.0 Å². The minimum atomic E-state index is -4.64. The average molecular weight is 796 g/mol. The fourth-order valence-corrected chi connectivity index (χ4v) is 6.41. The van der Waals surface area contributed by atoms with E-state index in [1.165, 1.54) is 44.9 Å². The molecule has 0 N–H and O–H groups in total. The summed E-state index contributed by atoms with van der Waals surface area (Å²) in [6.07, 6.45) is 38.9. The van der Waals surface area contributed by atoms with Crippen LogP contribution in [0.5, 0.6) is 0 Å². The van der Waals surface area contributed by atoms with Gasteiger partial charge in [-0.15, -0.1) is 0 Å². The van der Waals surface area contributed by atoms with Crippen molar-refractivity contribution in [2.45, 2.75) is 173 Å². The van der Waals surface area contributed by atoms with E-state index in [2.05, 4.69) is 56.4 Å². The molecule has 1 aliphatic heterocycles. The molecule has 11 heteroatoms. The SMILES string of the molecule is CCCCC/C=C\CC1OC1C/C=C\C/C=C\CCCC(=O)OC[C@H](COP(=O)([O-])OCC[N+](C)(C)C)OC(=O)CCCCCCC/C=C\CCCCCC. The lowest BCUT2D eigenvalue weighted by molar-refractivity contribution is -0.870. The number of quaternary nitrogens is 1. The first-order chi connectivity index (χ1) is 26.5. The number of phosphoric acid groups is 1. The van der Waals surface area contributed by atoms with Gasteiger partial charge in [0.1, 0.15) is 19.8 Å². The Morgan fingerprint density at radius 1 is 0.655 bits per heavy atom. The van der Waals surface area contributed by atoms with E-state index in [0.717, 1.165) is 70.6 Å². The molecular formula is C44H78NO9P. The highest BCUT2D eigenvalue weighted by Crippen LogP contribution is 2.38. The molecule has 0 aromatic rings. The Balaban J connectivity index is 2.34. The lowest BCUT2D eigenvalue weighted by atomic mass is 10.1. The maximum atomic E-state index is 12.6. The molecule has 0 aliphatic carbocycles. The zero-order chi connectivity index (χ0) is 40.5. The lowest BCUT2D eigenvalue weighted by Gasteiger charge is -2.28. The Bertz CT molecular complexity index is 1150. The number of esters is 2. The first-order valence-electron chi connectivity index (χ1n) is 21.5. The summed E-state index contributed by atoms with van der Waals surface area (Å²) in [5.41, 5.74) is 0. The van der Waals surface area contributed by atoms with Gasteiger partial charge in [-0.2, -0.15) is 0 Å². The number of unbranched alkanes of at least 4 members (excludes halogenated alkanes) is 13. The van der Waals surface area contributed by atoms with Gasteiger partial charge < -0.3 is 32.6 Å². The summed E-state index contributed by atoms with van der Waals surface area (Å²) < 4.78 is 39.5. The van der Waals surface area contributed by atoms with Crippen LogP contribution in [-0.2, 0) is 37.4 Å². The van der Waals surface area contributed by atoms with Crippen molar-refractivity contribution in [2.75, 3.05) is 47.5 Å². The van der Waals surface area contributed by atoms with Gasteiger partial charge in [0, 0.05) is 12.8 Å². The Morgan fingerprint density at radius 2 is 1.16 bits per heavy atom. The summed E-state index contributed by atoms with van der Waals surface area (Å²) >= 11 is 0. The number of nitrogens with zero attached hydrogens (tertiary/aromatic N) is 1. The van der Waals surface area contributed by atoms with Crippen LogP contribution in [0.4, 0.5) is 0 Å². The van der Waals surface area contributed by atoms with E-state index in [1.807, 2.05) is 27.2 Å². The fourth-order valence-electron chi connectivity index (χ4n) is 5.68. The molecule has 0 aromatic carbocycles. The Morgan fingerprint density at radius 3 is 1.84 bits per heavy atom. The van der Waals surface area contributed by atoms with Crippen LogP contribution in [0.3, 0.4) is 0 Å². The lowest BCUT2D eigenvalue weighted by Crippen LogP contribution is -2.37. The maximum absolute atomic E-state index is 12.6. The number of phosphoric ester groups is 1. The first-order valence-corrected chi connectivity index (χ1v) is 22.9. The van der Waals surface area contributed by atoms with Crippen LogP contribution in [0.25, 0.3) is 0 Å². The number of hydrogen-bond acceptors (Lipinski definition) is 9. The number of epoxide rings is 1. The molecule has 0 amide bonds. The fraction of sp³-hybridized carbons (Fsp3) is 0.773. The van der Waals surface area contributed by atoms with E-state index in [4.69, 9.17) is 23.3 Å². The number of rotatable bonds is 37. The molecule has 4 atom stereocenters. The molecule has 318 valence electrons. The highest BCUT2D eigenvalue weighted by atomic mass is 31.2. The van der Waals surface area contributed by atoms with Crippen molar-refractivity contribution in [1.82, 2.24) is 0 Å². The normalized spacial score (nSPS) is 17.8. The molecule has 0 saturated carbocycles. The highest BCUT2D eigenvalue weighted by molar-refractivity contribution is 7.45. The summed E-state index contributed by atoms with van der Waals surface area (Å²) in [6.45, 7) is 4.08. The second-order valence-electron chi connectivity index (χ2n) is 15.7. The van der Waals surface area contributed by atoms with Crippen LogP contribution >= 0.6 is 7.82 Å². The second-order valence-corrected chi connectivity index (χ2v) is 17.1. The molecule has 0 spiro atoms. The van der Waals surface area contributed by atoms with Gasteiger partial charge in [0.25, 0.3) is 7.82 Å². The van der Waals surface area contributed by atoms with Crippen molar-refractivity contribution in [3.8, 4) is 0 Å². The summed E-state index contributed by atoms with van der Waals surface area (Å²) in [5, 5.41) is 0. The van der Waals surface area contributed by atoms with Crippen LogP contribution in [-0.4, -0.2) is 82.2 Å². The number of carbonyl (C=O) groups excluding carboxylic acids is 2. The number of allylic oxidation sites excluding steroid dienone is 6. The molecule has 10 nitrogen and oxygen atoms in total. The van der Waals surface area contributed by atoms with Gasteiger partial charge in [-0.1, -0.05) is 114 Å². The van der Waals surface area contributed by atoms with Gasteiger partial charge in [0.2, 0.25) is 0 Å². The quantitative estimate of drug-likeness (QED) is 0.0151. The van der Waals surface area contributed by atoms with E-state index in [9.17, 15) is 19.0 Å². The molecular weight excluding hydrogens is 717 g/mol. The van der Waals surface area contributed by atoms with E-state index >= 15 is 0 Å². The van der Waals surface area contributed by atoms with Gasteiger partial charge in [0.15, 0.2) is 6.10 Å². The second kappa shape index (κ2) is 33.0. The van der Waals surface area contributed by atoms with Crippen molar-refractivity contribution in [3.63, 3.8) is 0 Å². The average Bonchev–Trinajstić information content (AvgIpc) is 3.89. The zero-order valence-electron chi connectivity index (χ0n) is 35.3. The summed E-state index contributed by atoms with van der Waals surface area (Å²) in [5.74, 6) is -0.920. The molecule has 1 aliphatic rings. The van der Waals surface area contributed by atoms with Crippen molar-refractivity contribution < 1.29 is 46.8 Å². The molecule has 55 heavy (non-hydrogen) atoms. The van der Waals surface area contributed by atoms with Crippen molar-refractivity contribution >= 4 is 19.8 Å². The third-order valence-electron chi connectivity index (χ3n) is 9.22. The largest absolute Gasteiger partial charge is 0.756 e. The summed E-state index contributed by atoms with van der Waals surface area (Å²) in [6, 6.07) is 0. The highest BCUT2D eigenvalue weighted by Gasteiger charge is 2.36. The zero-order valence-corrected chi connectivity index (χ0v) is 36.2. The Kier molecular flexibility index (Phi) is 30.5. The van der Waals surface area contributed by atoms with E-state index in [0.29, 0.717) is 36.1 Å². The van der Waals surface area contributed by atoms with Crippen LogP contribution in [0, 0.1) is 0 Å².